The van der Waals surface area contributed by atoms with Crippen LogP contribution < -0.4 is 10.6 Å². The third-order valence-corrected chi connectivity index (χ3v) is 3.49. The van der Waals surface area contributed by atoms with Crippen LogP contribution in [0.3, 0.4) is 0 Å². The number of benzene rings is 2. The minimum Gasteiger partial charge on any atom is -0.452 e. The third kappa shape index (κ3) is 4.88. The Morgan fingerprint density at radius 1 is 1.04 bits per heavy atom. The number of esters is 1. The van der Waals surface area contributed by atoms with Crippen LogP contribution >= 0.6 is 15.9 Å². The Labute approximate surface area is 145 Å². The smallest absolute Gasteiger partial charge is 0.339 e. The van der Waals surface area contributed by atoms with Gasteiger partial charge in [-0.15, -0.1) is 0 Å². The van der Waals surface area contributed by atoms with Gasteiger partial charge in [0.05, 0.1) is 11.3 Å². The number of anilines is 1. The number of ether oxygens (including phenoxy) is 1. The zero-order chi connectivity index (χ0) is 17.5. The molecule has 0 bridgehead atoms. The normalized spacial score (nSPS) is 9.92. The molecule has 3 amide bonds. The first-order chi connectivity index (χ1) is 11.5. The molecule has 0 aliphatic carbocycles. The molecule has 0 atom stereocenters. The van der Waals surface area contributed by atoms with E-state index in [2.05, 4.69) is 21.2 Å². The van der Waals surface area contributed by atoms with Crippen LogP contribution in [0.15, 0.2) is 53.0 Å². The standard InChI is InChI=1S/C16H12BrFN2O4/c17-11-6-2-1-5-10(11)15(22)24-9-14(21)20-16(23)19-13-8-4-3-7-12(13)18/h1-8H,9H2,(H2,19,20,21,23). The molecule has 0 aromatic heterocycles. The maximum Gasteiger partial charge on any atom is 0.339 e. The van der Waals surface area contributed by atoms with Crippen molar-refractivity contribution in [2.45, 2.75) is 0 Å². The largest absolute Gasteiger partial charge is 0.452 e. The first-order valence-corrected chi connectivity index (χ1v) is 7.53. The van der Waals surface area contributed by atoms with Gasteiger partial charge in [0.2, 0.25) is 0 Å². The molecule has 2 N–H and O–H groups in total. The van der Waals surface area contributed by atoms with Crippen molar-refractivity contribution in [3.05, 3.63) is 64.4 Å². The van der Waals surface area contributed by atoms with Gasteiger partial charge < -0.3 is 10.1 Å². The zero-order valence-electron chi connectivity index (χ0n) is 12.2. The number of imide groups is 1. The second-order valence-corrected chi connectivity index (χ2v) is 5.39. The van der Waals surface area contributed by atoms with E-state index in [0.29, 0.717) is 4.47 Å². The fourth-order valence-electron chi connectivity index (χ4n) is 1.71. The van der Waals surface area contributed by atoms with Gasteiger partial charge in [-0.25, -0.2) is 14.0 Å². The molecular formula is C16H12BrFN2O4. The van der Waals surface area contributed by atoms with Crippen LogP contribution in [-0.4, -0.2) is 24.5 Å². The lowest BCUT2D eigenvalue weighted by atomic mass is 10.2. The van der Waals surface area contributed by atoms with Crippen LogP contribution in [0.2, 0.25) is 0 Å². The number of nitrogens with one attached hydrogen (secondary N) is 2. The van der Waals surface area contributed by atoms with Crippen molar-refractivity contribution in [2.24, 2.45) is 0 Å². The predicted octanol–water partition coefficient (Wildman–Crippen LogP) is 3.09. The van der Waals surface area contributed by atoms with Crippen LogP contribution in [0.4, 0.5) is 14.9 Å². The van der Waals surface area contributed by atoms with E-state index >= 15 is 0 Å². The van der Waals surface area contributed by atoms with E-state index in [9.17, 15) is 18.8 Å². The van der Waals surface area contributed by atoms with E-state index in [4.69, 9.17) is 4.74 Å². The average molecular weight is 395 g/mol. The van der Waals surface area contributed by atoms with Crippen molar-refractivity contribution in [1.82, 2.24) is 5.32 Å². The highest BCUT2D eigenvalue weighted by Gasteiger charge is 2.15. The quantitative estimate of drug-likeness (QED) is 0.780. The Morgan fingerprint density at radius 3 is 2.42 bits per heavy atom. The molecule has 24 heavy (non-hydrogen) atoms. The highest BCUT2D eigenvalue weighted by Crippen LogP contribution is 2.16. The molecule has 2 aromatic carbocycles. The molecule has 124 valence electrons. The van der Waals surface area contributed by atoms with Crippen LogP contribution in [-0.2, 0) is 9.53 Å². The highest BCUT2D eigenvalue weighted by molar-refractivity contribution is 9.10. The van der Waals surface area contributed by atoms with E-state index in [1.807, 2.05) is 5.32 Å². The summed E-state index contributed by atoms with van der Waals surface area (Å²) in [7, 11) is 0. The Bertz CT molecular complexity index is 782. The van der Waals surface area contributed by atoms with Crippen molar-refractivity contribution >= 4 is 39.5 Å². The summed E-state index contributed by atoms with van der Waals surface area (Å²) < 4.78 is 18.7. The van der Waals surface area contributed by atoms with Gasteiger partial charge in [0, 0.05) is 4.47 Å². The second-order valence-electron chi connectivity index (χ2n) is 4.54. The Balaban J connectivity index is 1.83. The maximum atomic E-state index is 13.4. The number of hydrogen-bond acceptors (Lipinski definition) is 4. The Morgan fingerprint density at radius 2 is 1.71 bits per heavy atom. The summed E-state index contributed by atoms with van der Waals surface area (Å²) in [5, 5.41) is 4.11. The number of hydrogen-bond donors (Lipinski definition) is 2. The first-order valence-electron chi connectivity index (χ1n) is 6.74. The molecule has 8 heteroatoms. The average Bonchev–Trinajstić information content (AvgIpc) is 2.55. The molecule has 0 radical (unpaired) electrons. The molecule has 0 fully saturated rings. The number of urea groups is 1. The van der Waals surface area contributed by atoms with Crippen molar-refractivity contribution < 1.29 is 23.5 Å². The molecule has 0 saturated heterocycles. The molecule has 2 aromatic rings. The van der Waals surface area contributed by atoms with Gasteiger partial charge in [0.25, 0.3) is 5.91 Å². The number of halogens is 2. The highest BCUT2D eigenvalue weighted by atomic mass is 79.9. The lowest BCUT2D eigenvalue weighted by Crippen LogP contribution is -2.37. The van der Waals surface area contributed by atoms with Gasteiger partial charge in [-0.05, 0) is 40.2 Å². The van der Waals surface area contributed by atoms with E-state index < -0.39 is 30.3 Å². The van der Waals surface area contributed by atoms with Gasteiger partial charge in [0.15, 0.2) is 6.61 Å². The lowest BCUT2D eigenvalue weighted by Gasteiger charge is -2.08. The summed E-state index contributed by atoms with van der Waals surface area (Å²) in [6.45, 7) is -0.648. The molecule has 6 nitrogen and oxygen atoms in total. The minimum atomic E-state index is -0.929. The summed E-state index contributed by atoms with van der Waals surface area (Å²) in [5.41, 5.74) is 0.175. The Hall–Kier alpha value is -2.74. The second kappa shape index (κ2) is 8.21. The lowest BCUT2D eigenvalue weighted by molar-refractivity contribution is -0.123. The fourth-order valence-corrected chi connectivity index (χ4v) is 2.16. The number of rotatable bonds is 4. The summed E-state index contributed by atoms with van der Waals surface area (Å²) in [6, 6.07) is 11.1. The monoisotopic (exact) mass is 394 g/mol. The van der Waals surface area contributed by atoms with E-state index in [1.54, 1.807) is 18.2 Å². The van der Waals surface area contributed by atoms with Crippen molar-refractivity contribution in [3.8, 4) is 0 Å². The minimum absolute atomic E-state index is 0.0759. The van der Waals surface area contributed by atoms with Crippen molar-refractivity contribution in [1.29, 1.82) is 0 Å². The summed E-state index contributed by atoms with van der Waals surface area (Å²) in [5.74, 6) is -2.20. The molecule has 0 unspecified atom stereocenters. The molecule has 0 aliphatic heterocycles. The predicted molar refractivity (Wildman–Crippen MR) is 88.0 cm³/mol. The van der Waals surface area contributed by atoms with Gasteiger partial charge in [-0.1, -0.05) is 24.3 Å². The number of carbonyl (C=O) groups is 3. The maximum absolute atomic E-state index is 13.4. The topological polar surface area (TPSA) is 84.5 Å². The van der Waals surface area contributed by atoms with Gasteiger partial charge >= 0.3 is 12.0 Å². The third-order valence-electron chi connectivity index (χ3n) is 2.80. The van der Waals surface area contributed by atoms with Crippen molar-refractivity contribution in [2.75, 3.05) is 11.9 Å². The molecule has 0 heterocycles. The molecule has 2 rings (SSSR count). The SMILES string of the molecule is O=C(COC(=O)c1ccccc1Br)NC(=O)Nc1ccccc1F. The first kappa shape index (κ1) is 17.6. The summed E-state index contributed by atoms with van der Waals surface area (Å²) in [6.07, 6.45) is 0. The van der Waals surface area contributed by atoms with Gasteiger partial charge in [-0.2, -0.15) is 0 Å². The number of para-hydroxylation sites is 1. The molecular weight excluding hydrogens is 383 g/mol. The Kier molecular flexibility index (Phi) is 6.02. The van der Waals surface area contributed by atoms with E-state index in [-0.39, 0.29) is 11.3 Å². The molecule has 0 saturated carbocycles. The summed E-state index contributed by atoms with van der Waals surface area (Å²) in [4.78, 5) is 35.0. The zero-order valence-corrected chi connectivity index (χ0v) is 13.8. The van der Waals surface area contributed by atoms with Crippen LogP contribution in [0.1, 0.15) is 10.4 Å². The fraction of sp³-hybridized carbons (Fsp3) is 0.0625. The molecule has 0 spiro atoms. The van der Waals surface area contributed by atoms with Crippen LogP contribution in [0.25, 0.3) is 0 Å². The van der Waals surface area contributed by atoms with Gasteiger partial charge in [0.1, 0.15) is 5.82 Å². The van der Waals surface area contributed by atoms with Crippen molar-refractivity contribution in [3.63, 3.8) is 0 Å². The number of carbonyl (C=O) groups excluding carboxylic acids is 3. The molecule has 0 aliphatic rings. The summed E-state index contributed by atoms with van der Waals surface area (Å²) >= 11 is 3.19. The number of amides is 3. The van der Waals surface area contributed by atoms with Gasteiger partial charge in [-0.3, -0.25) is 10.1 Å². The van der Waals surface area contributed by atoms with Crippen LogP contribution in [0, 0.1) is 5.82 Å². The van der Waals surface area contributed by atoms with E-state index in [1.165, 1.54) is 24.3 Å². The van der Waals surface area contributed by atoms with E-state index in [0.717, 1.165) is 6.07 Å². The van der Waals surface area contributed by atoms with Crippen LogP contribution in [0.5, 0.6) is 0 Å².